The molecule has 1 saturated heterocycles. The Kier molecular flexibility index (Phi) is 6.13. The van der Waals surface area contributed by atoms with E-state index in [4.69, 9.17) is 4.74 Å². The molecule has 1 aromatic carbocycles. The van der Waals surface area contributed by atoms with Crippen molar-refractivity contribution >= 4 is 16.9 Å². The molecule has 0 unspecified atom stereocenters. The summed E-state index contributed by atoms with van der Waals surface area (Å²) < 4.78 is 5.77. The molecular formula is C24H29N3O2. The van der Waals surface area contributed by atoms with Crippen LogP contribution in [0, 0.1) is 6.92 Å². The number of carbonyl (C=O) groups is 1. The predicted octanol–water partition coefficient (Wildman–Crippen LogP) is 4.83. The summed E-state index contributed by atoms with van der Waals surface area (Å²) in [6.45, 7) is 4.41. The Hall–Kier alpha value is -2.82. The van der Waals surface area contributed by atoms with Crippen LogP contribution >= 0.6 is 0 Å². The number of nitrogens with zero attached hydrogens (tertiary/aromatic N) is 2. The van der Waals surface area contributed by atoms with E-state index in [-0.39, 0.29) is 5.91 Å². The quantitative estimate of drug-likeness (QED) is 0.587. The van der Waals surface area contributed by atoms with E-state index in [0.717, 1.165) is 50.2 Å². The maximum Gasteiger partial charge on any atom is 0.222 e. The number of hydrogen-bond acceptors (Lipinski definition) is 3. The molecule has 0 radical (unpaired) electrons. The van der Waals surface area contributed by atoms with Gasteiger partial charge in [-0.1, -0.05) is 12.1 Å². The number of piperidine rings is 1. The molecule has 0 saturated carbocycles. The van der Waals surface area contributed by atoms with Crippen LogP contribution in [0.1, 0.15) is 49.1 Å². The average molecular weight is 392 g/mol. The van der Waals surface area contributed by atoms with E-state index in [1.165, 1.54) is 16.5 Å². The molecule has 0 aliphatic carbocycles. The summed E-state index contributed by atoms with van der Waals surface area (Å²) in [4.78, 5) is 22.2. The Bertz CT molecular complexity index is 957. The van der Waals surface area contributed by atoms with E-state index in [0.29, 0.717) is 18.9 Å². The van der Waals surface area contributed by atoms with Crippen LogP contribution in [0.2, 0.25) is 0 Å². The number of aromatic nitrogens is 2. The summed E-state index contributed by atoms with van der Waals surface area (Å²) in [7, 11) is 0. The third-order valence-electron chi connectivity index (χ3n) is 5.81. The van der Waals surface area contributed by atoms with E-state index in [9.17, 15) is 4.79 Å². The first-order valence-electron chi connectivity index (χ1n) is 10.6. The number of aromatic amines is 1. The lowest BCUT2D eigenvalue weighted by Crippen LogP contribution is -2.37. The largest absolute Gasteiger partial charge is 0.494 e. The molecule has 4 rings (SSSR count). The van der Waals surface area contributed by atoms with E-state index >= 15 is 0 Å². The number of likely N-dealkylation sites (tertiary alicyclic amines) is 1. The highest BCUT2D eigenvalue weighted by Gasteiger charge is 2.25. The van der Waals surface area contributed by atoms with Gasteiger partial charge in [0.05, 0.1) is 6.61 Å². The van der Waals surface area contributed by atoms with Gasteiger partial charge in [-0.05, 0) is 73.9 Å². The lowest BCUT2D eigenvalue weighted by Gasteiger charge is -2.32. The number of carbonyl (C=O) groups excluding carboxylic acids is 1. The number of unbranched alkanes of at least 4 members (excludes halogenated alkanes) is 1. The van der Waals surface area contributed by atoms with Gasteiger partial charge in [0.15, 0.2) is 0 Å². The molecule has 1 amide bonds. The molecule has 5 nitrogen and oxygen atoms in total. The van der Waals surface area contributed by atoms with Crippen molar-refractivity contribution in [3.05, 3.63) is 59.9 Å². The van der Waals surface area contributed by atoms with Gasteiger partial charge in [0.25, 0.3) is 0 Å². The molecule has 1 fully saturated rings. The zero-order valence-electron chi connectivity index (χ0n) is 17.1. The van der Waals surface area contributed by atoms with Crippen LogP contribution in [-0.4, -0.2) is 40.5 Å². The minimum Gasteiger partial charge on any atom is -0.494 e. The maximum absolute atomic E-state index is 12.6. The fraction of sp³-hybridized carbons (Fsp3) is 0.417. The van der Waals surface area contributed by atoms with Crippen LogP contribution in [0.5, 0.6) is 5.75 Å². The van der Waals surface area contributed by atoms with Crippen LogP contribution in [0.4, 0.5) is 0 Å². The molecule has 3 aromatic rings. The van der Waals surface area contributed by atoms with Crippen LogP contribution in [0.3, 0.4) is 0 Å². The Balaban J connectivity index is 1.18. The first-order chi connectivity index (χ1) is 14.2. The van der Waals surface area contributed by atoms with Gasteiger partial charge in [-0.2, -0.15) is 0 Å². The van der Waals surface area contributed by atoms with Crippen molar-refractivity contribution in [1.82, 2.24) is 14.9 Å². The van der Waals surface area contributed by atoms with Crippen molar-refractivity contribution in [2.45, 2.75) is 44.9 Å². The zero-order valence-corrected chi connectivity index (χ0v) is 17.1. The molecule has 1 aliphatic heterocycles. The summed E-state index contributed by atoms with van der Waals surface area (Å²) in [5, 5.41) is 1.21. The first-order valence-corrected chi connectivity index (χ1v) is 10.6. The number of pyridine rings is 1. The first kappa shape index (κ1) is 19.5. The van der Waals surface area contributed by atoms with Gasteiger partial charge in [-0.3, -0.25) is 4.79 Å². The highest BCUT2D eigenvalue weighted by Crippen LogP contribution is 2.32. The third kappa shape index (κ3) is 4.78. The topological polar surface area (TPSA) is 58.2 Å². The Morgan fingerprint density at radius 2 is 2.07 bits per heavy atom. The summed E-state index contributed by atoms with van der Waals surface area (Å²) in [6, 6.07) is 12.2. The number of aryl methyl sites for hydroxylation is 1. The fourth-order valence-electron chi connectivity index (χ4n) is 4.19. The number of H-pyrrole nitrogens is 1. The Morgan fingerprint density at radius 1 is 1.21 bits per heavy atom. The zero-order chi connectivity index (χ0) is 20.1. The van der Waals surface area contributed by atoms with Crippen molar-refractivity contribution in [1.29, 1.82) is 0 Å². The lowest BCUT2D eigenvalue weighted by molar-refractivity contribution is -0.132. The van der Waals surface area contributed by atoms with Crippen LogP contribution in [0.25, 0.3) is 11.0 Å². The van der Waals surface area contributed by atoms with Crippen LogP contribution < -0.4 is 4.74 Å². The van der Waals surface area contributed by atoms with Gasteiger partial charge in [-0.15, -0.1) is 0 Å². The number of amides is 1. The highest BCUT2D eigenvalue weighted by molar-refractivity contribution is 5.80. The maximum atomic E-state index is 12.6. The van der Waals surface area contributed by atoms with Crippen molar-refractivity contribution in [3.63, 3.8) is 0 Å². The second kappa shape index (κ2) is 9.12. The summed E-state index contributed by atoms with van der Waals surface area (Å²) in [5.74, 6) is 1.69. The van der Waals surface area contributed by atoms with Gasteiger partial charge >= 0.3 is 0 Å². The molecule has 0 spiro atoms. The molecule has 5 heteroatoms. The molecule has 0 bridgehead atoms. The standard InChI is InChI=1S/C24H29N3O2/c1-18-6-4-7-20(16-18)29-15-3-2-9-23(28)27-13-10-19(11-14-27)22-17-26-24-21(22)8-5-12-25-24/h4-8,12,16-17,19H,2-3,9-11,13-15H2,1H3,(H,25,26). The number of fused-ring (bicyclic) bond motifs is 1. The second-order valence-electron chi connectivity index (χ2n) is 7.92. The molecule has 29 heavy (non-hydrogen) atoms. The van der Waals surface area contributed by atoms with Gasteiger partial charge in [0.2, 0.25) is 5.91 Å². The third-order valence-corrected chi connectivity index (χ3v) is 5.81. The highest BCUT2D eigenvalue weighted by atomic mass is 16.5. The minimum absolute atomic E-state index is 0.277. The molecule has 1 aliphatic rings. The number of ether oxygens (including phenoxy) is 1. The molecule has 1 N–H and O–H groups in total. The number of rotatable bonds is 7. The van der Waals surface area contributed by atoms with Gasteiger partial charge in [0.1, 0.15) is 11.4 Å². The molecule has 152 valence electrons. The van der Waals surface area contributed by atoms with Crippen molar-refractivity contribution in [2.75, 3.05) is 19.7 Å². The minimum atomic E-state index is 0.277. The summed E-state index contributed by atoms with van der Waals surface area (Å²) in [5.41, 5.74) is 3.49. The average Bonchev–Trinajstić information content (AvgIpc) is 3.18. The van der Waals surface area contributed by atoms with E-state index < -0.39 is 0 Å². The predicted molar refractivity (Wildman–Crippen MR) is 115 cm³/mol. The smallest absolute Gasteiger partial charge is 0.222 e. The van der Waals surface area contributed by atoms with Crippen molar-refractivity contribution in [2.24, 2.45) is 0 Å². The SMILES string of the molecule is Cc1cccc(OCCCCC(=O)N2CCC(c3c[nH]c4ncccc34)CC2)c1. The van der Waals surface area contributed by atoms with Gasteiger partial charge < -0.3 is 14.6 Å². The monoisotopic (exact) mass is 391 g/mol. The molecule has 3 heterocycles. The van der Waals surface area contributed by atoms with E-state index in [1.54, 1.807) is 0 Å². The molecular weight excluding hydrogens is 362 g/mol. The van der Waals surface area contributed by atoms with E-state index in [2.05, 4.69) is 35.2 Å². The lowest BCUT2D eigenvalue weighted by atomic mass is 9.89. The van der Waals surface area contributed by atoms with Crippen LogP contribution in [-0.2, 0) is 4.79 Å². The molecule has 2 aromatic heterocycles. The summed E-state index contributed by atoms with van der Waals surface area (Å²) in [6.07, 6.45) is 8.33. The fourth-order valence-corrected chi connectivity index (χ4v) is 4.19. The van der Waals surface area contributed by atoms with Crippen LogP contribution in [0.15, 0.2) is 48.8 Å². The number of benzene rings is 1. The Morgan fingerprint density at radius 3 is 2.90 bits per heavy atom. The van der Waals surface area contributed by atoms with Gasteiger partial charge in [-0.25, -0.2) is 4.98 Å². The van der Waals surface area contributed by atoms with Crippen molar-refractivity contribution in [3.8, 4) is 5.75 Å². The summed E-state index contributed by atoms with van der Waals surface area (Å²) >= 11 is 0. The van der Waals surface area contributed by atoms with Gasteiger partial charge in [0, 0.05) is 37.3 Å². The van der Waals surface area contributed by atoms with E-state index in [1.807, 2.05) is 35.4 Å². The molecule has 0 atom stereocenters. The van der Waals surface area contributed by atoms with Crippen molar-refractivity contribution < 1.29 is 9.53 Å². The number of hydrogen-bond donors (Lipinski definition) is 1. The second-order valence-corrected chi connectivity index (χ2v) is 7.92. The Labute approximate surface area is 172 Å². The normalized spacial score (nSPS) is 15.0. The number of nitrogens with one attached hydrogen (secondary N) is 1.